The van der Waals surface area contributed by atoms with Crippen molar-refractivity contribution in [3.8, 4) is 17.2 Å². The third-order valence-corrected chi connectivity index (χ3v) is 8.57. The summed E-state index contributed by atoms with van der Waals surface area (Å²) < 4.78 is 5.17. The minimum Gasteiger partial charge on any atom is -0.507 e. The van der Waals surface area contributed by atoms with Gasteiger partial charge in [-0.1, -0.05) is 17.7 Å². The second kappa shape index (κ2) is 9.29. The van der Waals surface area contributed by atoms with Gasteiger partial charge in [0.25, 0.3) is 0 Å². The number of imide groups is 1. The van der Waals surface area contributed by atoms with Crippen LogP contribution in [-0.4, -0.2) is 51.8 Å². The number of benzene rings is 2. The minimum atomic E-state index is -1.35. The van der Waals surface area contributed by atoms with Crippen molar-refractivity contribution >= 4 is 35.0 Å². The Kier molecular flexibility index (Phi) is 5.95. The Balaban J connectivity index is 1.46. The molecule has 4 aliphatic rings. The van der Waals surface area contributed by atoms with Gasteiger partial charge in [-0.15, -0.1) is 0 Å². The highest BCUT2D eigenvalue weighted by Crippen LogP contribution is 2.56. The van der Waals surface area contributed by atoms with Gasteiger partial charge in [0, 0.05) is 28.7 Å². The van der Waals surface area contributed by atoms with Crippen LogP contribution in [0.1, 0.15) is 41.6 Å². The Bertz CT molecular complexity index is 1690. The second-order valence-electron chi connectivity index (χ2n) is 10.7. The van der Waals surface area contributed by atoms with Gasteiger partial charge in [-0.05, 0) is 61.6 Å². The summed E-state index contributed by atoms with van der Waals surface area (Å²) in [7, 11) is 1.41. The Labute approximate surface area is 233 Å². The van der Waals surface area contributed by atoms with Gasteiger partial charge in [0.2, 0.25) is 11.8 Å². The average molecular weight is 556 g/mol. The molecule has 3 aliphatic carbocycles. The van der Waals surface area contributed by atoms with E-state index < -0.39 is 47.2 Å². The van der Waals surface area contributed by atoms with Crippen LogP contribution in [0, 0.1) is 17.8 Å². The van der Waals surface area contributed by atoms with Crippen molar-refractivity contribution in [1.82, 2.24) is 0 Å². The van der Waals surface area contributed by atoms with Gasteiger partial charge in [0.1, 0.15) is 11.3 Å². The van der Waals surface area contributed by atoms with Crippen LogP contribution in [0.2, 0.25) is 0 Å². The van der Waals surface area contributed by atoms with E-state index >= 15 is 0 Å². The minimum absolute atomic E-state index is 0.0495. The number of aromatic hydroxyl groups is 2. The van der Waals surface area contributed by atoms with E-state index in [-0.39, 0.29) is 52.7 Å². The predicted molar refractivity (Wildman–Crippen MR) is 144 cm³/mol. The zero-order chi connectivity index (χ0) is 29.3. The number of carboxylic acid groups (broad SMARTS) is 1. The highest BCUT2D eigenvalue weighted by Gasteiger charge is 2.56. The van der Waals surface area contributed by atoms with Crippen LogP contribution in [0.15, 0.2) is 70.8 Å². The van der Waals surface area contributed by atoms with Crippen molar-refractivity contribution in [3.63, 3.8) is 0 Å². The maximum atomic E-state index is 13.9. The Morgan fingerprint density at radius 3 is 2.39 bits per heavy atom. The van der Waals surface area contributed by atoms with E-state index in [1.807, 2.05) is 6.08 Å². The maximum absolute atomic E-state index is 13.9. The van der Waals surface area contributed by atoms with Gasteiger partial charge < -0.3 is 20.1 Å². The first kappa shape index (κ1) is 26.2. The van der Waals surface area contributed by atoms with Gasteiger partial charge in [-0.25, -0.2) is 9.69 Å². The molecule has 0 bridgehead atoms. The molecule has 2 aromatic carbocycles. The molecule has 208 valence electrons. The number of carbonyl (C=O) groups is 5. The quantitative estimate of drug-likeness (QED) is 0.292. The van der Waals surface area contributed by atoms with E-state index in [9.17, 15) is 39.3 Å². The van der Waals surface area contributed by atoms with Gasteiger partial charge in [0.05, 0.1) is 24.6 Å². The zero-order valence-corrected chi connectivity index (χ0v) is 22.1. The molecule has 0 radical (unpaired) electrons. The number of hydrogen-bond acceptors (Lipinski definition) is 8. The molecule has 1 saturated heterocycles. The number of hydrogen-bond donors (Lipinski definition) is 3. The molecule has 41 heavy (non-hydrogen) atoms. The zero-order valence-electron chi connectivity index (χ0n) is 22.1. The number of fused-ring (bicyclic) bond motifs is 3. The lowest BCUT2D eigenvalue weighted by molar-refractivity contribution is -0.123. The van der Waals surface area contributed by atoms with Crippen LogP contribution in [0.3, 0.4) is 0 Å². The predicted octanol–water partition coefficient (Wildman–Crippen LogP) is 3.44. The molecule has 6 rings (SSSR count). The number of phenolic OH excluding ortho intramolecular Hbond substituents is 1. The van der Waals surface area contributed by atoms with Gasteiger partial charge in [-0.3, -0.25) is 19.2 Å². The van der Waals surface area contributed by atoms with E-state index in [2.05, 4.69) is 0 Å². The van der Waals surface area contributed by atoms with Gasteiger partial charge in [-0.2, -0.15) is 0 Å². The van der Waals surface area contributed by atoms with Crippen LogP contribution < -0.4 is 9.64 Å². The highest BCUT2D eigenvalue weighted by molar-refractivity contribution is 6.25. The molecule has 4 atom stereocenters. The van der Waals surface area contributed by atoms with Crippen molar-refractivity contribution in [2.45, 2.75) is 25.7 Å². The lowest BCUT2D eigenvalue weighted by atomic mass is 9.59. The number of phenols is 2. The number of amides is 2. The lowest BCUT2D eigenvalue weighted by Crippen LogP contribution is -2.39. The summed E-state index contributed by atoms with van der Waals surface area (Å²) in [5.74, 6) is -6.37. The number of Topliss-reactive ketones (excluding diaryl/α,β-unsaturated/α-hetero) is 1. The molecule has 10 nitrogen and oxygen atoms in total. The van der Waals surface area contributed by atoms with Crippen molar-refractivity contribution in [2.75, 3.05) is 12.0 Å². The molecular weight excluding hydrogens is 530 g/mol. The molecule has 1 aliphatic heterocycles. The molecule has 0 unspecified atom stereocenters. The number of allylic oxidation sites excluding steroid dienone is 6. The number of rotatable bonds is 4. The first-order valence-electron chi connectivity index (χ1n) is 13.0. The standard InChI is InChI=1S/C31H25NO9/c1-13-9-23(35)27-20(28(13)36)12-19-16(25(27)14-3-8-24(41-2)22(34)10-14)6-7-18-26(19)30(38)32(29(18)37)15-4-5-17(31(39)40)21(33)11-15/h3-6,8-11,18-19,25-26,33-34H,7,12H2,1-2H3,(H,39,40)/t18-,19+,25-,26-/m0/s1. The molecule has 0 saturated carbocycles. The van der Waals surface area contributed by atoms with Crippen LogP contribution in [-0.2, 0) is 19.2 Å². The molecule has 2 aromatic rings. The van der Waals surface area contributed by atoms with E-state index in [1.54, 1.807) is 19.1 Å². The Morgan fingerprint density at radius 2 is 1.73 bits per heavy atom. The number of nitrogens with zero attached hydrogens (tertiary/aromatic N) is 1. The molecule has 10 heteroatoms. The highest BCUT2D eigenvalue weighted by atomic mass is 16.5. The smallest absolute Gasteiger partial charge is 0.339 e. The number of carboxylic acids is 1. The fourth-order valence-corrected chi connectivity index (χ4v) is 6.74. The summed E-state index contributed by atoms with van der Waals surface area (Å²) >= 11 is 0. The number of aromatic carboxylic acids is 1. The van der Waals surface area contributed by atoms with Crippen LogP contribution in [0.5, 0.6) is 17.2 Å². The monoisotopic (exact) mass is 555 g/mol. The number of anilines is 1. The summed E-state index contributed by atoms with van der Waals surface area (Å²) in [6.45, 7) is 1.56. The first-order valence-corrected chi connectivity index (χ1v) is 13.0. The van der Waals surface area contributed by atoms with Crippen molar-refractivity contribution in [1.29, 1.82) is 0 Å². The number of ether oxygens (including phenoxy) is 1. The topological polar surface area (TPSA) is 159 Å². The van der Waals surface area contributed by atoms with Crippen molar-refractivity contribution in [3.05, 3.63) is 82.0 Å². The first-order chi connectivity index (χ1) is 19.5. The van der Waals surface area contributed by atoms with E-state index in [0.717, 1.165) is 22.6 Å². The number of ketones is 2. The summed E-state index contributed by atoms with van der Waals surface area (Å²) in [5, 5.41) is 30.0. The fraction of sp³-hybridized carbons (Fsp3) is 0.258. The Hall–Kier alpha value is -4.99. The normalized spacial score (nSPS) is 25.4. The Morgan fingerprint density at radius 1 is 0.976 bits per heavy atom. The van der Waals surface area contributed by atoms with E-state index in [1.165, 1.54) is 25.3 Å². The summed E-state index contributed by atoms with van der Waals surface area (Å²) in [6.07, 6.45) is 3.45. The molecule has 0 spiro atoms. The summed E-state index contributed by atoms with van der Waals surface area (Å²) in [4.78, 5) is 66.5. The maximum Gasteiger partial charge on any atom is 0.339 e. The molecule has 1 heterocycles. The SMILES string of the molecule is COc1ccc([C@H]2C3=CC[C@@H]4C(=O)N(c5ccc(C(=O)O)c(O)c5)C(=O)[C@@H]4[C@@H]3CC3=C2C(=O)C=C(C)C3=O)cc1O. The third-order valence-electron chi connectivity index (χ3n) is 8.57. The largest absolute Gasteiger partial charge is 0.507 e. The van der Waals surface area contributed by atoms with Crippen LogP contribution >= 0.6 is 0 Å². The van der Waals surface area contributed by atoms with Crippen molar-refractivity contribution in [2.24, 2.45) is 17.8 Å². The van der Waals surface area contributed by atoms with E-state index in [4.69, 9.17) is 4.74 Å². The van der Waals surface area contributed by atoms with E-state index in [0.29, 0.717) is 16.7 Å². The summed E-state index contributed by atoms with van der Waals surface area (Å²) in [6, 6.07) is 8.25. The summed E-state index contributed by atoms with van der Waals surface area (Å²) in [5.41, 5.74) is 1.82. The molecule has 2 amide bonds. The average Bonchev–Trinajstić information content (AvgIpc) is 3.19. The van der Waals surface area contributed by atoms with Gasteiger partial charge >= 0.3 is 5.97 Å². The molecule has 1 fully saturated rings. The molecular formula is C31H25NO9. The molecule has 3 N–H and O–H groups in total. The third kappa shape index (κ3) is 3.81. The second-order valence-corrected chi connectivity index (χ2v) is 10.7. The van der Waals surface area contributed by atoms with Crippen molar-refractivity contribution < 1.29 is 44.0 Å². The van der Waals surface area contributed by atoms with Crippen LogP contribution in [0.25, 0.3) is 0 Å². The van der Waals surface area contributed by atoms with Gasteiger partial charge in [0.15, 0.2) is 23.1 Å². The van der Waals surface area contributed by atoms with Crippen LogP contribution in [0.4, 0.5) is 5.69 Å². The fourth-order valence-electron chi connectivity index (χ4n) is 6.74. The lowest BCUT2D eigenvalue weighted by Gasteiger charge is -2.42. The number of methoxy groups -OCH3 is 1. The molecule has 0 aromatic heterocycles. The number of carbonyl (C=O) groups excluding carboxylic acids is 4.